The van der Waals surface area contributed by atoms with E-state index in [-0.39, 0.29) is 0 Å². The van der Waals surface area contributed by atoms with Gasteiger partial charge >= 0.3 is 5.97 Å². The van der Waals surface area contributed by atoms with Crippen molar-refractivity contribution in [3.05, 3.63) is 11.1 Å². The van der Waals surface area contributed by atoms with Gasteiger partial charge in [0.25, 0.3) is 0 Å². The second kappa shape index (κ2) is 1.92. The van der Waals surface area contributed by atoms with Crippen molar-refractivity contribution < 1.29 is 9.90 Å². The summed E-state index contributed by atoms with van der Waals surface area (Å²) < 4.78 is 0. The molecule has 1 fully saturated rings. The monoisotopic (exact) mass is 157 g/mol. The first-order valence-electron chi connectivity index (χ1n) is 3.14. The van der Waals surface area contributed by atoms with E-state index in [9.17, 15) is 4.79 Å². The second-order valence-electron chi connectivity index (χ2n) is 2.38. The molecule has 3 nitrogen and oxygen atoms in total. The number of hydrogen-bond acceptors (Lipinski definition) is 3. The molecule has 2 aliphatic heterocycles. The van der Waals surface area contributed by atoms with Crippen LogP contribution in [-0.2, 0) is 4.79 Å². The lowest BCUT2D eigenvalue weighted by molar-refractivity contribution is -0.135. The summed E-state index contributed by atoms with van der Waals surface area (Å²) in [7, 11) is 0. The van der Waals surface area contributed by atoms with Crippen LogP contribution in [0.2, 0.25) is 0 Å². The Labute approximate surface area is 62.7 Å². The predicted octanol–water partition coefficient (Wildman–Crippen LogP) is 0.691. The third-order valence-electron chi connectivity index (χ3n) is 1.83. The van der Waals surface area contributed by atoms with Crippen molar-refractivity contribution in [2.75, 3.05) is 6.54 Å². The lowest BCUT2D eigenvalue weighted by Gasteiger charge is -2.36. The van der Waals surface area contributed by atoms with Crippen LogP contribution in [0.1, 0.15) is 6.42 Å². The summed E-state index contributed by atoms with van der Waals surface area (Å²) in [6.07, 6.45) is 1.12. The van der Waals surface area contributed by atoms with Gasteiger partial charge in [-0.2, -0.15) is 0 Å². The summed E-state index contributed by atoms with van der Waals surface area (Å²) >= 11 is 1.61. The molecule has 4 heteroatoms. The van der Waals surface area contributed by atoms with Gasteiger partial charge in [-0.1, -0.05) is 0 Å². The summed E-state index contributed by atoms with van der Waals surface area (Å²) in [6.45, 7) is 0.913. The average Bonchev–Trinajstić information content (AvgIpc) is 2.07. The highest BCUT2D eigenvalue weighted by atomic mass is 32.2. The Morgan fingerprint density at radius 3 is 3.00 bits per heavy atom. The fourth-order valence-corrected chi connectivity index (χ4v) is 2.29. The van der Waals surface area contributed by atoms with E-state index in [1.54, 1.807) is 17.2 Å². The van der Waals surface area contributed by atoms with E-state index in [2.05, 4.69) is 0 Å². The zero-order valence-electron chi connectivity index (χ0n) is 5.28. The van der Waals surface area contributed by atoms with Gasteiger partial charge in [-0.05, 0) is 6.42 Å². The Hall–Kier alpha value is -0.640. The van der Waals surface area contributed by atoms with E-state index in [0.29, 0.717) is 11.1 Å². The molecule has 1 atom stereocenters. The fourth-order valence-electron chi connectivity index (χ4n) is 1.16. The summed E-state index contributed by atoms with van der Waals surface area (Å²) in [5, 5.41) is 10.8. The molecule has 2 rings (SSSR count). The maximum absolute atomic E-state index is 10.5. The van der Waals surface area contributed by atoms with Crippen molar-refractivity contribution in [2.24, 2.45) is 0 Å². The lowest BCUT2D eigenvalue weighted by atomic mass is 10.2. The van der Waals surface area contributed by atoms with Gasteiger partial charge in [0.1, 0.15) is 5.70 Å². The van der Waals surface area contributed by atoms with Gasteiger partial charge in [-0.15, -0.1) is 11.8 Å². The molecular weight excluding hydrogens is 150 g/mol. The highest BCUT2D eigenvalue weighted by Gasteiger charge is 2.37. The van der Waals surface area contributed by atoms with Crippen molar-refractivity contribution >= 4 is 17.7 Å². The number of aliphatic carboxylic acids is 1. The SMILES string of the molecule is O=C(O)C1=CS[C@@H]2CCN12. The van der Waals surface area contributed by atoms with E-state index < -0.39 is 5.97 Å². The number of carbonyl (C=O) groups is 1. The van der Waals surface area contributed by atoms with Gasteiger partial charge in [0.15, 0.2) is 0 Å². The van der Waals surface area contributed by atoms with Crippen molar-refractivity contribution in [1.29, 1.82) is 0 Å². The second-order valence-corrected chi connectivity index (χ2v) is 3.43. The van der Waals surface area contributed by atoms with Crippen LogP contribution in [0.5, 0.6) is 0 Å². The number of carboxylic acids is 1. The molecule has 0 aromatic heterocycles. The molecule has 2 heterocycles. The molecule has 0 aliphatic carbocycles. The maximum Gasteiger partial charge on any atom is 0.352 e. The Morgan fingerprint density at radius 1 is 1.90 bits per heavy atom. The molecule has 0 bridgehead atoms. The van der Waals surface area contributed by atoms with Gasteiger partial charge in [0.2, 0.25) is 0 Å². The molecule has 2 aliphatic rings. The van der Waals surface area contributed by atoms with Crippen LogP contribution < -0.4 is 0 Å². The summed E-state index contributed by atoms with van der Waals surface area (Å²) in [5.74, 6) is -0.797. The number of fused-ring (bicyclic) bond motifs is 1. The third-order valence-corrected chi connectivity index (χ3v) is 2.99. The standard InChI is InChI=1S/C6H7NO2S/c8-6(9)4-3-10-5-1-2-7(4)5/h3,5H,1-2H2,(H,8,9)/t5-/m1/s1. The Balaban J connectivity index is 2.16. The van der Waals surface area contributed by atoms with Crippen molar-refractivity contribution in [3.63, 3.8) is 0 Å². The Kier molecular flexibility index (Phi) is 1.17. The van der Waals surface area contributed by atoms with Gasteiger partial charge in [-0.25, -0.2) is 4.79 Å². The Morgan fingerprint density at radius 2 is 2.70 bits per heavy atom. The van der Waals surface area contributed by atoms with Crippen LogP contribution in [-0.4, -0.2) is 27.9 Å². The lowest BCUT2D eigenvalue weighted by Crippen LogP contribution is -2.43. The molecule has 0 amide bonds. The summed E-state index contributed by atoms with van der Waals surface area (Å²) in [4.78, 5) is 12.4. The highest BCUT2D eigenvalue weighted by Crippen LogP contribution is 2.39. The van der Waals surface area contributed by atoms with Crippen LogP contribution in [0.25, 0.3) is 0 Å². The minimum atomic E-state index is -0.797. The number of nitrogens with zero attached hydrogens (tertiary/aromatic N) is 1. The number of carboxylic acid groups (broad SMARTS) is 1. The van der Waals surface area contributed by atoms with Crippen molar-refractivity contribution in [2.45, 2.75) is 11.8 Å². The number of thioether (sulfide) groups is 1. The summed E-state index contributed by atoms with van der Waals surface area (Å²) in [5.41, 5.74) is 0.473. The van der Waals surface area contributed by atoms with Crippen LogP contribution in [0.4, 0.5) is 0 Å². The van der Waals surface area contributed by atoms with Gasteiger partial charge in [0.05, 0.1) is 5.37 Å². The molecule has 0 unspecified atom stereocenters. The maximum atomic E-state index is 10.5. The minimum absolute atomic E-state index is 0.436. The largest absolute Gasteiger partial charge is 0.477 e. The summed E-state index contributed by atoms with van der Waals surface area (Å²) in [6, 6.07) is 0. The quantitative estimate of drug-likeness (QED) is 0.608. The van der Waals surface area contributed by atoms with E-state index in [1.807, 2.05) is 4.90 Å². The van der Waals surface area contributed by atoms with E-state index in [0.717, 1.165) is 13.0 Å². The zero-order valence-corrected chi connectivity index (χ0v) is 6.10. The molecule has 54 valence electrons. The molecule has 0 aromatic carbocycles. The Bertz CT molecular complexity index is 214. The van der Waals surface area contributed by atoms with E-state index in [4.69, 9.17) is 5.11 Å². The minimum Gasteiger partial charge on any atom is -0.477 e. The van der Waals surface area contributed by atoms with Gasteiger partial charge in [-0.3, -0.25) is 0 Å². The van der Waals surface area contributed by atoms with E-state index in [1.165, 1.54) is 0 Å². The van der Waals surface area contributed by atoms with Crippen molar-refractivity contribution in [3.8, 4) is 0 Å². The molecule has 1 N–H and O–H groups in total. The first-order chi connectivity index (χ1) is 4.79. The molecule has 0 spiro atoms. The molecule has 0 aromatic rings. The topological polar surface area (TPSA) is 40.5 Å². The smallest absolute Gasteiger partial charge is 0.352 e. The van der Waals surface area contributed by atoms with Crippen LogP contribution in [0.3, 0.4) is 0 Å². The highest BCUT2D eigenvalue weighted by molar-refractivity contribution is 8.03. The molecule has 0 radical (unpaired) electrons. The molecule has 10 heavy (non-hydrogen) atoms. The van der Waals surface area contributed by atoms with E-state index >= 15 is 0 Å². The molecular formula is C6H7NO2S. The first-order valence-corrected chi connectivity index (χ1v) is 4.09. The number of hydrogen-bond donors (Lipinski definition) is 1. The third kappa shape index (κ3) is 0.653. The van der Waals surface area contributed by atoms with Crippen LogP contribution in [0.15, 0.2) is 11.1 Å². The zero-order chi connectivity index (χ0) is 7.14. The predicted molar refractivity (Wildman–Crippen MR) is 38.4 cm³/mol. The average molecular weight is 157 g/mol. The number of rotatable bonds is 1. The fraction of sp³-hybridized carbons (Fsp3) is 0.500. The van der Waals surface area contributed by atoms with Gasteiger partial charge in [0, 0.05) is 12.0 Å². The van der Waals surface area contributed by atoms with Gasteiger partial charge < -0.3 is 10.0 Å². The molecule has 1 saturated heterocycles. The normalized spacial score (nSPS) is 29.0. The van der Waals surface area contributed by atoms with Crippen LogP contribution >= 0.6 is 11.8 Å². The first kappa shape index (κ1) is 6.09. The van der Waals surface area contributed by atoms with Crippen LogP contribution in [0, 0.1) is 0 Å². The molecule has 0 saturated carbocycles. The van der Waals surface area contributed by atoms with Crippen molar-refractivity contribution in [1.82, 2.24) is 4.90 Å².